The number of allylic oxidation sites excluding steroid dienone is 2. The molecule has 4 aromatic rings. The molecule has 0 spiro atoms. The molecule has 0 saturated carbocycles. The first kappa shape index (κ1) is 37.8. The van der Waals surface area contributed by atoms with Gasteiger partial charge in [-0.25, -0.2) is 0 Å². The summed E-state index contributed by atoms with van der Waals surface area (Å²) in [6.45, 7) is 23.5. The van der Waals surface area contributed by atoms with Crippen LogP contribution in [0.5, 0.6) is 0 Å². The van der Waals surface area contributed by atoms with E-state index in [9.17, 15) is 0 Å². The van der Waals surface area contributed by atoms with Gasteiger partial charge < -0.3 is 0 Å². The van der Waals surface area contributed by atoms with Gasteiger partial charge in [0, 0.05) is 0 Å². The molecule has 2 aliphatic carbocycles. The van der Waals surface area contributed by atoms with Crippen LogP contribution in [0.25, 0.3) is 34.4 Å². The molecule has 50 heavy (non-hydrogen) atoms. The minimum atomic E-state index is -4.95. The van der Waals surface area contributed by atoms with Crippen molar-refractivity contribution in [2.45, 2.75) is 101 Å². The van der Waals surface area contributed by atoms with E-state index in [1.807, 2.05) is 0 Å². The second-order valence-corrected chi connectivity index (χ2v) is 58.9. The zero-order valence-electron chi connectivity index (χ0n) is 32.1. The van der Waals surface area contributed by atoms with Crippen LogP contribution < -0.4 is 0 Å². The quantitative estimate of drug-likeness (QED) is 0.133. The predicted molar refractivity (Wildman–Crippen MR) is 223 cm³/mol. The fourth-order valence-electron chi connectivity index (χ4n) is 9.53. The molecule has 2 unspecified atom stereocenters. The van der Waals surface area contributed by atoms with E-state index in [1.165, 1.54) is 77.9 Å². The number of benzene rings is 4. The third kappa shape index (κ3) is 6.27. The third-order valence-corrected chi connectivity index (χ3v) is 63.7. The molecule has 0 amide bonds. The van der Waals surface area contributed by atoms with Gasteiger partial charge >= 0.3 is 315 Å². The molecule has 0 aliphatic heterocycles. The van der Waals surface area contributed by atoms with E-state index in [0.29, 0.717) is 11.8 Å². The fraction of sp³-hybridized carbons (Fsp3) is 0.391. The van der Waals surface area contributed by atoms with Gasteiger partial charge in [-0.05, 0) is 0 Å². The van der Waals surface area contributed by atoms with Gasteiger partial charge in [0.1, 0.15) is 0 Å². The SMILES string of the molecule is CCc1ccccc1-c1c(C)ccc2c1C=C(CC(C)C)[CH]2[Zr]([Cl])([Cl])([CH]1C(CC(C)C)=Cc2c1ccc(C)c2-c1ccccc1CC)[SiH](C)C. The Kier molecular flexibility index (Phi) is 10.9. The Morgan fingerprint density at radius 2 is 0.980 bits per heavy atom. The maximum absolute atomic E-state index is 8.90. The van der Waals surface area contributed by atoms with Gasteiger partial charge in [-0.15, -0.1) is 0 Å². The summed E-state index contributed by atoms with van der Waals surface area (Å²) >= 11 is -4.95. The van der Waals surface area contributed by atoms with E-state index in [2.05, 4.69) is 153 Å². The number of rotatable bonds is 11. The molecule has 263 valence electrons. The minimum absolute atomic E-state index is 0.0937. The number of halogens is 2. The summed E-state index contributed by atoms with van der Waals surface area (Å²) in [5, 5.41) is 0. The molecule has 0 radical (unpaired) electrons. The van der Waals surface area contributed by atoms with Gasteiger partial charge in [-0.2, -0.15) is 0 Å². The van der Waals surface area contributed by atoms with Gasteiger partial charge in [0.25, 0.3) is 0 Å². The zero-order valence-corrected chi connectivity index (χ0v) is 37.2. The predicted octanol–water partition coefficient (Wildman–Crippen LogP) is 14.4. The first-order chi connectivity index (χ1) is 23.7. The molecule has 0 aromatic heterocycles. The van der Waals surface area contributed by atoms with Crippen molar-refractivity contribution < 1.29 is 15.6 Å². The van der Waals surface area contributed by atoms with Crippen LogP contribution in [0.1, 0.15) is 106 Å². The molecule has 0 nitrogen and oxygen atoms in total. The Labute approximate surface area is 312 Å². The summed E-state index contributed by atoms with van der Waals surface area (Å²) < 4.78 is 0.187. The second-order valence-electron chi connectivity index (χ2n) is 16.4. The fourth-order valence-corrected chi connectivity index (χ4v) is 40.9. The van der Waals surface area contributed by atoms with Crippen molar-refractivity contribution in [3.8, 4) is 22.3 Å². The number of hydrogen-bond donors (Lipinski definition) is 0. The summed E-state index contributed by atoms with van der Waals surface area (Å²) in [5.74, 6) is -0.668. The van der Waals surface area contributed by atoms with E-state index in [4.69, 9.17) is 17.0 Å². The molecule has 0 bridgehead atoms. The first-order valence-electron chi connectivity index (χ1n) is 19.1. The molecule has 2 atom stereocenters. The van der Waals surface area contributed by atoms with Crippen LogP contribution in [-0.2, 0) is 28.4 Å². The monoisotopic (exact) mass is 797 g/mol. The van der Waals surface area contributed by atoms with Crippen molar-refractivity contribution in [3.05, 3.63) is 128 Å². The Morgan fingerprint density at radius 3 is 1.32 bits per heavy atom. The summed E-state index contributed by atoms with van der Waals surface area (Å²) in [5.41, 5.74) is 19.4. The molecular formula is C46H57Cl2SiZr. The normalized spacial score (nSPS) is 17.9. The van der Waals surface area contributed by atoms with Gasteiger partial charge in [-0.1, -0.05) is 0 Å². The van der Waals surface area contributed by atoms with E-state index in [0.717, 1.165) is 25.7 Å². The van der Waals surface area contributed by atoms with Crippen LogP contribution in [0.4, 0.5) is 0 Å². The number of fused-ring (bicyclic) bond motifs is 2. The molecule has 4 aromatic carbocycles. The Bertz CT molecular complexity index is 1860. The molecule has 0 heterocycles. The van der Waals surface area contributed by atoms with Crippen LogP contribution in [0.2, 0.25) is 13.1 Å². The third-order valence-electron chi connectivity index (χ3n) is 11.8. The van der Waals surface area contributed by atoms with Crippen molar-refractivity contribution in [1.82, 2.24) is 0 Å². The van der Waals surface area contributed by atoms with E-state index in [1.54, 1.807) is 0 Å². The summed E-state index contributed by atoms with van der Waals surface area (Å²) in [4.78, 5) is 0. The second kappa shape index (κ2) is 14.5. The van der Waals surface area contributed by atoms with Gasteiger partial charge in [0.05, 0.1) is 0 Å². The topological polar surface area (TPSA) is 0 Å². The van der Waals surface area contributed by atoms with Gasteiger partial charge in [-0.3, -0.25) is 0 Å². The standard InChI is InChI=1S/2C22H25.C2H7Si.2ClH.Zr/c2*1-5-18-8-6-7-9-20(18)22-16(4)10-11-19-13-17(12-15(2)3)14-21(19)22;1-3-2;;;/h2*6-11,13-15H,5,12H2,1-4H3;3H,1-2H3;2*1H;/q;;;;;+2/p-2. The van der Waals surface area contributed by atoms with Crippen LogP contribution >= 0.6 is 17.0 Å². The average Bonchev–Trinajstić information content (AvgIpc) is 3.62. The van der Waals surface area contributed by atoms with Gasteiger partial charge in [0.2, 0.25) is 0 Å². The van der Waals surface area contributed by atoms with E-state index >= 15 is 0 Å². The number of hydrogen-bond acceptors (Lipinski definition) is 0. The molecule has 0 saturated heterocycles. The zero-order chi connectivity index (χ0) is 36.1. The van der Waals surface area contributed by atoms with Crippen molar-refractivity contribution >= 4 is 35.1 Å². The van der Waals surface area contributed by atoms with Crippen LogP contribution in [0.15, 0.2) is 83.9 Å². The van der Waals surface area contributed by atoms with Crippen molar-refractivity contribution in [2.75, 3.05) is 0 Å². The van der Waals surface area contributed by atoms with Gasteiger partial charge in [0.15, 0.2) is 0 Å². The Balaban J connectivity index is 1.67. The van der Waals surface area contributed by atoms with E-state index < -0.39 is 21.5 Å². The molecular weight excluding hydrogens is 743 g/mol. The van der Waals surface area contributed by atoms with Crippen LogP contribution in [-0.4, -0.2) is 5.92 Å². The molecule has 4 heteroatoms. The molecule has 6 rings (SSSR count). The summed E-state index contributed by atoms with van der Waals surface area (Å²) in [7, 11) is 17.8. The maximum atomic E-state index is 8.90. The van der Waals surface area contributed by atoms with E-state index in [-0.39, 0.29) is 7.25 Å². The Morgan fingerprint density at radius 1 is 0.600 bits per heavy atom. The van der Waals surface area contributed by atoms with Crippen molar-refractivity contribution in [2.24, 2.45) is 11.8 Å². The molecule has 0 fully saturated rings. The first-order valence-corrected chi connectivity index (χ1v) is 35.5. The Hall–Kier alpha value is -1.96. The van der Waals surface area contributed by atoms with Crippen molar-refractivity contribution in [3.63, 3.8) is 0 Å². The molecule has 2 aliphatic rings. The van der Waals surface area contributed by atoms with Crippen LogP contribution in [0.3, 0.4) is 0 Å². The van der Waals surface area contributed by atoms with Crippen molar-refractivity contribution in [1.29, 1.82) is 0 Å². The summed E-state index contributed by atoms with van der Waals surface area (Å²) in [6.07, 6.45) is 9.16. The van der Waals surface area contributed by atoms with Crippen LogP contribution in [0, 0.1) is 25.7 Å². The summed E-state index contributed by atoms with van der Waals surface area (Å²) in [6, 6.07) is 27.6. The molecule has 0 N–H and O–H groups in total. The average molecular weight is 800 g/mol. The number of aryl methyl sites for hydroxylation is 4.